The Morgan fingerprint density at radius 2 is 1.77 bits per heavy atom. The topological polar surface area (TPSA) is 46.9 Å². The summed E-state index contributed by atoms with van der Waals surface area (Å²) in [4.78, 5) is 12.2. The van der Waals surface area contributed by atoms with Crippen LogP contribution in [0.25, 0.3) is 0 Å². The van der Waals surface area contributed by atoms with Crippen molar-refractivity contribution in [3.05, 3.63) is 88.5 Å². The minimum absolute atomic E-state index is 0.0307. The molecule has 1 heterocycles. The van der Waals surface area contributed by atoms with Crippen LogP contribution in [-0.4, -0.2) is 15.7 Å². The van der Waals surface area contributed by atoms with Crippen molar-refractivity contribution in [1.29, 1.82) is 0 Å². The third-order valence-electron chi connectivity index (χ3n) is 4.48. The summed E-state index contributed by atoms with van der Waals surface area (Å²) in [5.41, 5.74) is 4.50. The smallest absolute Gasteiger partial charge is 0.224 e. The molecule has 0 fully saturated rings. The van der Waals surface area contributed by atoms with Crippen molar-refractivity contribution in [2.24, 2.45) is 0 Å². The van der Waals surface area contributed by atoms with Crippen LogP contribution in [0.1, 0.15) is 28.1 Å². The predicted molar refractivity (Wildman–Crippen MR) is 99.2 cm³/mol. The van der Waals surface area contributed by atoms with E-state index in [4.69, 9.17) is 0 Å². The quantitative estimate of drug-likeness (QED) is 0.738. The van der Waals surface area contributed by atoms with E-state index in [1.54, 1.807) is 18.2 Å². The highest BCUT2D eigenvalue weighted by Gasteiger charge is 2.14. The lowest BCUT2D eigenvalue weighted by Gasteiger charge is -2.08. The number of aryl methyl sites for hydroxylation is 1. The highest BCUT2D eigenvalue weighted by molar-refractivity contribution is 5.78. The minimum Gasteiger partial charge on any atom is -0.352 e. The molecule has 0 saturated carbocycles. The number of benzene rings is 2. The Bertz CT molecular complexity index is 903. The third-order valence-corrected chi connectivity index (χ3v) is 4.48. The molecule has 1 amide bonds. The number of halogens is 1. The normalized spacial score (nSPS) is 10.7. The maximum Gasteiger partial charge on any atom is 0.224 e. The zero-order valence-electron chi connectivity index (χ0n) is 15.0. The molecule has 0 unspecified atom stereocenters. The van der Waals surface area contributed by atoms with E-state index in [0.717, 1.165) is 17.0 Å². The second kappa shape index (κ2) is 7.95. The largest absolute Gasteiger partial charge is 0.352 e. The molecule has 4 nitrogen and oxygen atoms in total. The van der Waals surface area contributed by atoms with E-state index in [1.807, 2.05) is 36.7 Å². The molecule has 5 heteroatoms. The molecule has 0 saturated heterocycles. The van der Waals surface area contributed by atoms with Gasteiger partial charge < -0.3 is 5.32 Å². The van der Waals surface area contributed by atoms with Crippen LogP contribution in [0.3, 0.4) is 0 Å². The molecule has 0 atom stereocenters. The summed E-state index contributed by atoms with van der Waals surface area (Å²) in [5, 5.41) is 7.46. The van der Waals surface area contributed by atoms with Crippen molar-refractivity contribution in [3.8, 4) is 0 Å². The van der Waals surface area contributed by atoms with E-state index in [0.29, 0.717) is 18.7 Å². The van der Waals surface area contributed by atoms with Gasteiger partial charge in [0, 0.05) is 17.8 Å². The van der Waals surface area contributed by atoms with Crippen molar-refractivity contribution in [2.45, 2.75) is 33.4 Å². The first kappa shape index (κ1) is 17.9. The molecule has 134 valence electrons. The fraction of sp³-hybridized carbons (Fsp3) is 0.238. The fourth-order valence-electron chi connectivity index (χ4n) is 2.96. The summed E-state index contributed by atoms with van der Waals surface area (Å²) in [6.45, 7) is 5.02. The van der Waals surface area contributed by atoms with Gasteiger partial charge in [0.25, 0.3) is 0 Å². The summed E-state index contributed by atoms with van der Waals surface area (Å²) < 4.78 is 15.6. The molecule has 0 bridgehead atoms. The lowest BCUT2D eigenvalue weighted by Crippen LogP contribution is -2.25. The van der Waals surface area contributed by atoms with Gasteiger partial charge in [0.1, 0.15) is 5.82 Å². The molecular formula is C21H22FN3O. The van der Waals surface area contributed by atoms with E-state index >= 15 is 0 Å². The highest BCUT2D eigenvalue weighted by Crippen LogP contribution is 2.15. The number of nitrogens with one attached hydrogen (secondary N) is 1. The first-order chi connectivity index (χ1) is 12.5. The van der Waals surface area contributed by atoms with Gasteiger partial charge in [0.05, 0.1) is 18.7 Å². The molecule has 1 aromatic heterocycles. The van der Waals surface area contributed by atoms with Crippen LogP contribution in [0.15, 0.2) is 54.6 Å². The maximum absolute atomic E-state index is 13.7. The second-order valence-corrected chi connectivity index (χ2v) is 6.34. The van der Waals surface area contributed by atoms with E-state index in [-0.39, 0.29) is 18.1 Å². The van der Waals surface area contributed by atoms with Gasteiger partial charge in [-0.1, -0.05) is 48.5 Å². The zero-order valence-corrected chi connectivity index (χ0v) is 15.0. The molecule has 0 aliphatic rings. The minimum atomic E-state index is -0.356. The van der Waals surface area contributed by atoms with Crippen LogP contribution in [0.5, 0.6) is 0 Å². The predicted octanol–water partition coefficient (Wildman–Crippen LogP) is 3.55. The Morgan fingerprint density at radius 1 is 1.08 bits per heavy atom. The van der Waals surface area contributed by atoms with Gasteiger partial charge in [-0.25, -0.2) is 4.39 Å². The Labute approximate surface area is 152 Å². The van der Waals surface area contributed by atoms with Crippen LogP contribution in [0, 0.1) is 19.7 Å². The second-order valence-electron chi connectivity index (χ2n) is 6.34. The van der Waals surface area contributed by atoms with E-state index in [2.05, 4.69) is 22.5 Å². The monoisotopic (exact) mass is 351 g/mol. The maximum atomic E-state index is 13.7. The molecule has 0 aliphatic carbocycles. The van der Waals surface area contributed by atoms with Crippen LogP contribution in [0.2, 0.25) is 0 Å². The number of aromatic nitrogens is 2. The van der Waals surface area contributed by atoms with Gasteiger partial charge in [0.2, 0.25) is 5.91 Å². The van der Waals surface area contributed by atoms with E-state index in [9.17, 15) is 9.18 Å². The van der Waals surface area contributed by atoms with Crippen molar-refractivity contribution >= 4 is 5.91 Å². The molecule has 3 aromatic rings. The fourth-order valence-corrected chi connectivity index (χ4v) is 2.96. The lowest BCUT2D eigenvalue weighted by molar-refractivity contribution is -0.120. The molecule has 0 aliphatic heterocycles. The molecule has 26 heavy (non-hydrogen) atoms. The Hall–Kier alpha value is -2.95. The van der Waals surface area contributed by atoms with Crippen LogP contribution in [-0.2, 0) is 24.3 Å². The molecule has 0 spiro atoms. The SMILES string of the molecule is Cc1nn(Cc2ccccc2)c(C)c1CNC(=O)Cc1ccccc1F. The van der Waals surface area contributed by atoms with Gasteiger partial charge in [-0.15, -0.1) is 0 Å². The lowest BCUT2D eigenvalue weighted by atomic mass is 10.1. The average Bonchev–Trinajstić information content (AvgIpc) is 2.89. The van der Waals surface area contributed by atoms with Gasteiger partial charge in [0.15, 0.2) is 0 Å². The third kappa shape index (κ3) is 4.17. The van der Waals surface area contributed by atoms with Crippen LogP contribution >= 0.6 is 0 Å². The molecule has 1 N–H and O–H groups in total. The van der Waals surface area contributed by atoms with Gasteiger partial charge in [-0.3, -0.25) is 9.48 Å². The van der Waals surface area contributed by atoms with Crippen LogP contribution < -0.4 is 5.32 Å². The molecular weight excluding hydrogens is 329 g/mol. The number of carbonyl (C=O) groups is 1. The number of hydrogen-bond donors (Lipinski definition) is 1. The van der Waals surface area contributed by atoms with Gasteiger partial charge in [-0.2, -0.15) is 5.10 Å². The van der Waals surface area contributed by atoms with Gasteiger partial charge >= 0.3 is 0 Å². The van der Waals surface area contributed by atoms with Crippen molar-refractivity contribution < 1.29 is 9.18 Å². The molecule has 0 radical (unpaired) electrons. The Morgan fingerprint density at radius 3 is 2.50 bits per heavy atom. The summed E-state index contributed by atoms with van der Waals surface area (Å²) in [6, 6.07) is 16.5. The van der Waals surface area contributed by atoms with Crippen molar-refractivity contribution in [1.82, 2.24) is 15.1 Å². The number of hydrogen-bond acceptors (Lipinski definition) is 2. The number of nitrogens with zero attached hydrogens (tertiary/aromatic N) is 2. The highest BCUT2D eigenvalue weighted by atomic mass is 19.1. The van der Waals surface area contributed by atoms with Crippen molar-refractivity contribution in [3.63, 3.8) is 0 Å². The first-order valence-corrected chi connectivity index (χ1v) is 8.61. The Kier molecular flexibility index (Phi) is 5.46. The summed E-state index contributed by atoms with van der Waals surface area (Å²) in [6.07, 6.45) is 0.0307. The molecule has 3 rings (SSSR count). The zero-order chi connectivity index (χ0) is 18.5. The van der Waals surface area contributed by atoms with E-state index in [1.165, 1.54) is 11.6 Å². The number of amides is 1. The number of carbonyl (C=O) groups excluding carboxylic acids is 1. The van der Waals surface area contributed by atoms with Crippen molar-refractivity contribution in [2.75, 3.05) is 0 Å². The molecule has 2 aromatic carbocycles. The van der Waals surface area contributed by atoms with E-state index < -0.39 is 0 Å². The first-order valence-electron chi connectivity index (χ1n) is 8.61. The summed E-state index contributed by atoms with van der Waals surface area (Å²) >= 11 is 0. The number of rotatable bonds is 6. The average molecular weight is 351 g/mol. The Balaban J connectivity index is 1.65. The van der Waals surface area contributed by atoms with Crippen LogP contribution in [0.4, 0.5) is 4.39 Å². The standard InChI is InChI=1S/C21H22FN3O/c1-15-19(13-23-21(26)12-18-10-6-7-11-20(18)22)16(2)25(24-15)14-17-8-4-3-5-9-17/h3-11H,12-14H2,1-2H3,(H,23,26). The summed E-state index contributed by atoms with van der Waals surface area (Å²) in [5.74, 6) is -0.560. The van der Waals surface area contributed by atoms with Gasteiger partial charge in [-0.05, 0) is 31.0 Å². The summed E-state index contributed by atoms with van der Waals surface area (Å²) in [7, 11) is 0.